The van der Waals surface area contributed by atoms with Crippen LogP contribution in [0.1, 0.15) is 32.3 Å². The van der Waals surface area contributed by atoms with Crippen molar-refractivity contribution in [2.45, 2.75) is 39.4 Å². The normalized spacial score (nSPS) is 11.8. The molecule has 0 unspecified atom stereocenters. The Hall–Kier alpha value is -2.45. The minimum Gasteiger partial charge on any atom is -0.484 e. The largest absolute Gasteiger partial charge is 0.484 e. The molecule has 152 valence electrons. The van der Waals surface area contributed by atoms with E-state index in [-0.39, 0.29) is 11.7 Å². The number of hydrogen-bond acceptors (Lipinski definition) is 4. The molecule has 0 aliphatic heterocycles. The molecule has 0 bridgehead atoms. The molecule has 27 heavy (non-hydrogen) atoms. The molecule has 0 aliphatic rings. The molecule has 0 fully saturated rings. The van der Waals surface area contributed by atoms with E-state index in [0.29, 0.717) is 45.0 Å². The van der Waals surface area contributed by atoms with Gasteiger partial charge in [-0.2, -0.15) is 13.2 Å². The van der Waals surface area contributed by atoms with Gasteiger partial charge in [0.15, 0.2) is 12.6 Å². The third-order valence-corrected chi connectivity index (χ3v) is 3.25. The van der Waals surface area contributed by atoms with E-state index in [1.54, 1.807) is 19.1 Å². The summed E-state index contributed by atoms with van der Waals surface area (Å²) in [5.41, 5.74) is 0.832. The number of guanidine groups is 1. The van der Waals surface area contributed by atoms with Gasteiger partial charge in [0, 0.05) is 19.5 Å². The predicted molar refractivity (Wildman–Crippen MR) is 96.7 cm³/mol. The second kappa shape index (κ2) is 12.0. The zero-order valence-electron chi connectivity index (χ0n) is 15.6. The van der Waals surface area contributed by atoms with Gasteiger partial charge in [0.2, 0.25) is 0 Å². The number of halogens is 3. The standard InChI is InChI=1S/C18H26F3N3O3/c1-3-22-17(23-11-5-6-16(25)26-4-2)24-12-14-7-9-15(10-8-14)27-13-18(19,20)21/h7-10H,3-6,11-13H2,1-2H3,(H2,22,23,24). The van der Waals surface area contributed by atoms with Crippen molar-refractivity contribution in [2.24, 2.45) is 4.99 Å². The van der Waals surface area contributed by atoms with Crippen LogP contribution >= 0.6 is 0 Å². The zero-order valence-corrected chi connectivity index (χ0v) is 15.6. The summed E-state index contributed by atoms with van der Waals surface area (Å²) in [5.74, 6) is 0.525. The quantitative estimate of drug-likeness (QED) is 0.279. The number of benzene rings is 1. The van der Waals surface area contributed by atoms with E-state index in [4.69, 9.17) is 4.74 Å². The summed E-state index contributed by atoms with van der Waals surface area (Å²) in [5, 5.41) is 6.21. The number of carbonyl (C=O) groups is 1. The van der Waals surface area contributed by atoms with E-state index < -0.39 is 12.8 Å². The molecule has 1 aromatic carbocycles. The van der Waals surface area contributed by atoms with E-state index in [1.807, 2.05) is 6.92 Å². The summed E-state index contributed by atoms with van der Waals surface area (Å²) >= 11 is 0. The first-order valence-electron chi connectivity index (χ1n) is 8.80. The number of hydrogen-bond donors (Lipinski definition) is 2. The summed E-state index contributed by atoms with van der Waals surface area (Å²) in [7, 11) is 0. The SMILES string of the molecule is CCNC(=NCc1ccc(OCC(F)(F)F)cc1)NCCCC(=O)OCC. The zero-order chi connectivity index (χ0) is 20.1. The molecular formula is C18H26F3N3O3. The Bertz CT molecular complexity index is 590. The van der Waals surface area contributed by atoms with Crippen LogP contribution in [0.5, 0.6) is 5.75 Å². The smallest absolute Gasteiger partial charge is 0.422 e. The van der Waals surface area contributed by atoms with Crippen molar-refractivity contribution < 1.29 is 27.4 Å². The first-order valence-corrected chi connectivity index (χ1v) is 8.80. The van der Waals surface area contributed by atoms with E-state index >= 15 is 0 Å². The van der Waals surface area contributed by atoms with Crippen LogP contribution in [0.4, 0.5) is 13.2 Å². The average Bonchev–Trinajstić information content (AvgIpc) is 2.62. The van der Waals surface area contributed by atoms with Crippen LogP contribution < -0.4 is 15.4 Å². The average molecular weight is 389 g/mol. The highest BCUT2D eigenvalue weighted by molar-refractivity contribution is 5.79. The summed E-state index contributed by atoms with van der Waals surface area (Å²) in [6.45, 7) is 4.35. The Labute approximate surface area is 157 Å². The fraction of sp³-hybridized carbons (Fsp3) is 0.556. The fourth-order valence-corrected chi connectivity index (χ4v) is 2.04. The van der Waals surface area contributed by atoms with E-state index in [0.717, 1.165) is 5.56 Å². The van der Waals surface area contributed by atoms with Gasteiger partial charge in [0.25, 0.3) is 0 Å². The van der Waals surface area contributed by atoms with E-state index in [2.05, 4.69) is 20.4 Å². The van der Waals surface area contributed by atoms with Crippen molar-refractivity contribution in [2.75, 3.05) is 26.3 Å². The molecule has 2 N–H and O–H groups in total. The highest BCUT2D eigenvalue weighted by atomic mass is 19.4. The molecule has 0 spiro atoms. The van der Waals surface area contributed by atoms with Gasteiger partial charge in [-0.25, -0.2) is 4.99 Å². The van der Waals surface area contributed by atoms with Crippen LogP contribution in [0.2, 0.25) is 0 Å². The van der Waals surface area contributed by atoms with Crippen LogP contribution in [0, 0.1) is 0 Å². The van der Waals surface area contributed by atoms with Gasteiger partial charge in [-0.3, -0.25) is 4.79 Å². The maximum atomic E-state index is 12.1. The lowest BCUT2D eigenvalue weighted by Gasteiger charge is -2.11. The van der Waals surface area contributed by atoms with Gasteiger partial charge in [0.1, 0.15) is 5.75 Å². The molecule has 0 heterocycles. The van der Waals surface area contributed by atoms with Gasteiger partial charge in [-0.15, -0.1) is 0 Å². The monoisotopic (exact) mass is 389 g/mol. The molecule has 1 rings (SSSR count). The molecule has 0 aliphatic carbocycles. The molecule has 0 aromatic heterocycles. The summed E-state index contributed by atoms with van der Waals surface area (Å²) in [6, 6.07) is 6.30. The van der Waals surface area contributed by atoms with Gasteiger partial charge in [-0.05, 0) is 38.0 Å². The Kier molecular flexibility index (Phi) is 10.1. The molecule has 1 aromatic rings. The molecule has 9 heteroatoms. The fourth-order valence-electron chi connectivity index (χ4n) is 2.04. The first kappa shape index (κ1) is 22.6. The Morgan fingerprint density at radius 3 is 2.44 bits per heavy atom. The van der Waals surface area contributed by atoms with Crippen molar-refractivity contribution in [1.29, 1.82) is 0 Å². The number of alkyl halides is 3. The van der Waals surface area contributed by atoms with Crippen molar-refractivity contribution >= 4 is 11.9 Å². The Morgan fingerprint density at radius 2 is 1.85 bits per heavy atom. The topological polar surface area (TPSA) is 72.0 Å². The molecule has 0 amide bonds. The van der Waals surface area contributed by atoms with Crippen LogP contribution in [-0.4, -0.2) is 44.4 Å². The van der Waals surface area contributed by atoms with Crippen LogP contribution in [0.3, 0.4) is 0 Å². The van der Waals surface area contributed by atoms with Crippen molar-refractivity contribution in [3.05, 3.63) is 29.8 Å². The second-order valence-electron chi connectivity index (χ2n) is 5.58. The van der Waals surface area contributed by atoms with Crippen molar-refractivity contribution in [3.8, 4) is 5.75 Å². The third kappa shape index (κ3) is 11.0. The van der Waals surface area contributed by atoms with Gasteiger partial charge in [-0.1, -0.05) is 12.1 Å². The lowest BCUT2D eigenvalue weighted by Crippen LogP contribution is -2.37. The number of aliphatic imine (C=N–C) groups is 1. The van der Waals surface area contributed by atoms with Crippen LogP contribution in [-0.2, 0) is 16.1 Å². The van der Waals surface area contributed by atoms with Gasteiger partial charge in [0.05, 0.1) is 13.2 Å². The van der Waals surface area contributed by atoms with Crippen molar-refractivity contribution in [1.82, 2.24) is 10.6 Å². The summed E-state index contributed by atoms with van der Waals surface area (Å²) < 4.78 is 45.9. The summed E-state index contributed by atoms with van der Waals surface area (Å²) in [6.07, 6.45) is -3.41. The molecular weight excluding hydrogens is 363 g/mol. The number of rotatable bonds is 10. The highest BCUT2D eigenvalue weighted by Crippen LogP contribution is 2.19. The van der Waals surface area contributed by atoms with Crippen LogP contribution in [0.25, 0.3) is 0 Å². The molecule has 6 nitrogen and oxygen atoms in total. The molecule has 0 saturated heterocycles. The lowest BCUT2D eigenvalue weighted by molar-refractivity contribution is -0.153. The summed E-state index contributed by atoms with van der Waals surface area (Å²) in [4.78, 5) is 15.7. The maximum absolute atomic E-state index is 12.1. The number of nitrogens with zero attached hydrogens (tertiary/aromatic N) is 1. The van der Waals surface area contributed by atoms with Crippen molar-refractivity contribution in [3.63, 3.8) is 0 Å². The van der Waals surface area contributed by atoms with Gasteiger partial charge < -0.3 is 20.1 Å². The molecule has 0 atom stereocenters. The number of nitrogens with one attached hydrogen (secondary N) is 2. The first-order chi connectivity index (χ1) is 12.8. The maximum Gasteiger partial charge on any atom is 0.422 e. The Morgan fingerprint density at radius 1 is 1.15 bits per heavy atom. The Balaban J connectivity index is 2.46. The van der Waals surface area contributed by atoms with Gasteiger partial charge >= 0.3 is 12.1 Å². The number of ether oxygens (including phenoxy) is 2. The number of carbonyl (C=O) groups excluding carboxylic acids is 1. The van der Waals surface area contributed by atoms with Crippen LogP contribution in [0.15, 0.2) is 29.3 Å². The number of esters is 1. The third-order valence-electron chi connectivity index (χ3n) is 3.25. The second-order valence-corrected chi connectivity index (χ2v) is 5.58. The van der Waals surface area contributed by atoms with E-state index in [9.17, 15) is 18.0 Å². The lowest BCUT2D eigenvalue weighted by atomic mass is 10.2. The minimum atomic E-state index is -4.36. The van der Waals surface area contributed by atoms with E-state index in [1.165, 1.54) is 12.1 Å². The predicted octanol–water partition coefficient (Wildman–Crippen LogP) is 3.03. The molecule has 0 saturated carbocycles. The highest BCUT2D eigenvalue weighted by Gasteiger charge is 2.28. The minimum absolute atomic E-state index is 0.157. The molecule has 0 radical (unpaired) electrons.